The van der Waals surface area contributed by atoms with E-state index in [9.17, 15) is 0 Å². The van der Waals surface area contributed by atoms with Crippen LogP contribution in [-0.4, -0.2) is 11.0 Å². The molecule has 1 fully saturated rings. The summed E-state index contributed by atoms with van der Waals surface area (Å²) in [6.45, 7) is 2.01. The standard InChI is InChI=1S/C13H18Cl2N2/c1-9-8-11(14)17-13(15)12(9)16-10-6-4-2-3-5-7-10/h8,10,16H,2-7H2,1H3. The normalized spacial score (nSPS) is 17.8. The summed E-state index contributed by atoms with van der Waals surface area (Å²) in [5.74, 6) is 0. The van der Waals surface area contributed by atoms with Gasteiger partial charge in [0.15, 0.2) is 5.15 Å². The van der Waals surface area contributed by atoms with E-state index in [1.165, 1.54) is 38.5 Å². The first kappa shape index (κ1) is 13.0. The Kier molecular flexibility index (Phi) is 4.52. The molecular formula is C13H18Cl2N2. The number of nitrogens with one attached hydrogen (secondary N) is 1. The minimum Gasteiger partial charge on any atom is -0.380 e. The second-order valence-corrected chi connectivity index (χ2v) is 5.51. The quantitative estimate of drug-likeness (QED) is 0.616. The zero-order valence-corrected chi connectivity index (χ0v) is 11.6. The molecule has 0 saturated heterocycles. The SMILES string of the molecule is Cc1cc(Cl)nc(Cl)c1NC1CCCCCC1. The van der Waals surface area contributed by atoms with E-state index in [1.54, 1.807) is 0 Å². The molecule has 2 nitrogen and oxygen atoms in total. The van der Waals surface area contributed by atoms with E-state index in [4.69, 9.17) is 23.2 Å². The first-order chi connectivity index (χ1) is 8.16. The van der Waals surface area contributed by atoms with Crippen LogP contribution in [0.15, 0.2) is 6.07 Å². The Balaban J connectivity index is 2.11. The van der Waals surface area contributed by atoms with Gasteiger partial charge in [0.1, 0.15) is 5.15 Å². The van der Waals surface area contributed by atoms with Crippen LogP contribution in [-0.2, 0) is 0 Å². The van der Waals surface area contributed by atoms with Gasteiger partial charge in [0.05, 0.1) is 5.69 Å². The highest BCUT2D eigenvalue weighted by Gasteiger charge is 2.15. The highest BCUT2D eigenvalue weighted by Crippen LogP contribution is 2.29. The summed E-state index contributed by atoms with van der Waals surface area (Å²) in [5.41, 5.74) is 2.02. The summed E-state index contributed by atoms with van der Waals surface area (Å²) in [4.78, 5) is 4.09. The number of pyridine rings is 1. The Hall–Kier alpha value is -0.470. The largest absolute Gasteiger partial charge is 0.380 e. The molecule has 17 heavy (non-hydrogen) atoms. The molecular weight excluding hydrogens is 255 g/mol. The fourth-order valence-corrected chi connectivity index (χ4v) is 2.98. The molecule has 2 rings (SSSR count). The summed E-state index contributed by atoms with van der Waals surface area (Å²) in [7, 11) is 0. The first-order valence-corrected chi connectivity index (χ1v) is 7.01. The summed E-state index contributed by atoms with van der Waals surface area (Å²) < 4.78 is 0. The predicted octanol–water partition coefficient (Wildman–Crippen LogP) is 4.83. The van der Waals surface area contributed by atoms with Gasteiger partial charge in [-0.05, 0) is 31.4 Å². The molecule has 94 valence electrons. The van der Waals surface area contributed by atoms with Crippen molar-refractivity contribution in [3.05, 3.63) is 21.9 Å². The average molecular weight is 273 g/mol. The molecule has 0 bridgehead atoms. The lowest BCUT2D eigenvalue weighted by Gasteiger charge is -2.20. The minimum atomic E-state index is 0.457. The fraction of sp³-hybridized carbons (Fsp3) is 0.615. The van der Waals surface area contributed by atoms with Gasteiger partial charge < -0.3 is 5.32 Å². The van der Waals surface area contributed by atoms with Crippen LogP contribution in [0, 0.1) is 6.92 Å². The van der Waals surface area contributed by atoms with Gasteiger partial charge in [0.2, 0.25) is 0 Å². The molecule has 1 saturated carbocycles. The molecule has 0 unspecified atom stereocenters. The second-order valence-electron chi connectivity index (χ2n) is 4.76. The second kappa shape index (κ2) is 5.92. The number of hydrogen-bond acceptors (Lipinski definition) is 2. The fourth-order valence-electron chi connectivity index (χ4n) is 2.40. The zero-order chi connectivity index (χ0) is 12.3. The summed E-state index contributed by atoms with van der Waals surface area (Å²) in [5, 5.41) is 4.47. The van der Waals surface area contributed by atoms with Crippen LogP contribution in [0.4, 0.5) is 5.69 Å². The molecule has 0 aromatic carbocycles. The lowest BCUT2D eigenvalue weighted by Crippen LogP contribution is -2.19. The van der Waals surface area contributed by atoms with E-state index >= 15 is 0 Å². The van der Waals surface area contributed by atoms with Crippen molar-refractivity contribution in [2.45, 2.75) is 51.5 Å². The highest BCUT2D eigenvalue weighted by molar-refractivity contribution is 6.34. The Morgan fingerprint density at radius 1 is 1.18 bits per heavy atom. The molecule has 0 atom stereocenters. The number of hydrogen-bond donors (Lipinski definition) is 1. The predicted molar refractivity (Wildman–Crippen MR) is 74.1 cm³/mol. The van der Waals surface area contributed by atoms with Crippen LogP contribution in [0.3, 0.4) is 0 Å². The van der Waals surface area contributed by atoms with Gasteiger partial charge in [0.25, 0.3) is 0 Å². The van der Waals surface area contributed by atoms with Gasteiger partial charge in [-0.1, -0.05) is 48.9 Å². The lowest BCUT2D eigenvalue weighted by molar-refractivity contribution is 0.619. The molecule has 0 spiro atoms. The number of anilines is 1. The maximum absolute atomic E-state index is 6.14. The first-order valence-electron chi connectivity index (χ1n) is 6.26. The Labute approximate surface area is 113 Å². The zero-order valence-electron chi connectivity index (χ0n) is 10.1. The molecule has 1 N–H and O–H groups in total. The van der Waals surface area contributed by atoms with Crippen LogP contribution < -0.4 is 5.32 Å². The molecule has 0 amide bonds. The molecule has 1 aromatic heterocycles. The van der Waals surface area contributed by atoms with E-state index in [-0.39, 0.29) is 0 Å². The Morgan fingerprint density at radius 2 is 1.82 bits per heavy atom. The minimum absolute atomic E-state index is 0.457. The number of nitrogens with zero attached hydrogens (tertiary/aromatic N) is 1. The third kappa shape index (κ3) is 3.49. The van der Waals surface area contributed by atoms with Crippen molar-refractivity contribution in [2.75, 3.05) is 5.32 Å². The molecule has 0 radical (unpaired) electrons. The molecule has 1 heterocycles. The topological polar surface area (TPSA) is 24.9 Å². The number of rotatable bonds is 2. The van der Waals surface area contributed by atoms with Crippen LogP contribution in [0.25, 0.3) is 0 Å². The van der Waals surface area contributed by atoms with E-state index in [1.807, 2.05) is 13.0 Å². The maximum Gasteiger partial charge on any atom is 0.154 e. The molecule has 4 heteroatoms. The van der Waals surface area contributed by atoms with Gasteiger partial charge in [0, 0.05) is 6.04 Å². The van der Waals surface area contributed by atoms with Gasteiger partial charge in [-0.3, -0.25) is 0 Å². The Morgan fingerprint density at radius 3 is 2.41 bits per heavy atom. The van der Waals surface area contributed by atoms with Gasteiger partial charge >= 0.3 is 0 Å². The van der Waals surface area contributed by atoms with E-state index in [0.29, 0.717) is 16.3 Å². The van der Waals surface area contributed by atoms with Crippen LogP contribution >= 0.6 is 23.2 Å². The van der Waals surface area contributed by atoms with E-state index in [2.05, 4.69) is 10.3 Å². The third-order valence-electron chi connectivity index (χ3n) is 3.34. The maximum atomic E-state index is 6.14. The molecule has 1 aromatic rings. The van der Waals surface area contributed by atoms with Crippen molar-refractivity contribution in [3.8, 4) is 0 Å². The lowest BCUT2D eigenvalue weighted by atomic mass is 10.1. The highest BCUT2D eigenvalue weighted by atomic mass is 35.5. The number of aryl methyl sites for hydroxylation is 1. The van der Waals surface area contributed by atoms with Crippen molar-refractivity contribution in [3.63, 3.8) is 0 Å². The summed E-state index contributed by atoms with van der Waals surface area (Å²) in [6, 6.07) is 2.38. The van der Waals surface area contributed by atoms with Crippen LogP contribution in [0.5, 0.6) is 0 Å². The Bertz CT molecular complexity index is 362. The number of halogens is 2. The molecule has 0 aliphatic heterocycles. The molecule has 1 aliphatic rings. The average Bonchev–Trinajstić information content (AvgIpc) is 2.51. The van der Waals surface area contributed by atoms with Crippen molar-refractivity contribution in [1.29, 1.82) is 0 Å². The van der Waals surface area contributed by atoms with Crippen LogP contribution in [0.2, 0.25) is 10.3 Å². The number of aromatic nitrogens is 1. The summed E-state index contributed by atoms with van der Waals surface area (Å²) >= 11 is 12.0. The van der Waals surface area contributed by atoms with Crippen molar-refractivity contribution >= 4 is 28.9 Å². The van der Waals surface area contributed by atoms with E-state index < -0.39 is 0 Å². The van der Waals surface area contributed by atoms with Gasteiger partial charge in [-0.2, -0.15) is 0 Å². The van der Waals surface area contributed by atoms with Crippen molar-refractivity contribution in [1.82, 2.24) is 4.98 Å². The van der Waals surface area contributed by atoms with Gasteiger partial charge in [-0.25, -0.2) is 4.98 Å². The van der Waals surface area contributed by atoms with Crippen molar-refractivity contribution in [2.24, 2.45) is 0 Å². The smallest absolute Gasteiger partial charge is 0.154 e. The third-order valence-corrected chi connectivity index (χ3v) is 3.81. The van der Waals surface area contributed by atoms with Crippen LogP contribution in [0.1, 0.15) is 44.1 Å². The summed E-state index contributed by atoms with van der Waals surface area (Å²) in [6.07, 6.45) is 7.75. The van der Waals surface area contributed by atoms with E-state index in [0.717, 1.165) is 11.3 Å². The molecule has 1 aliphatic carbocycles. The van der Waals surface area contributed by atoms with Crippen molar-refractivity contribution < 1.29 is 0 Å². The van der Waals surface area contributed by atoms with Gasteiger partial charge in [-0.15, -0.1) is 0 Å². The monoisotopic (exact) mass is 272 g/mol.